The van der Waals surface area contributed by atoms with Gasteiger partial charge in [-0.1, -0.05) is 25.1 Å². The fraction of sp³-hybridized carbons (Fsp3) is 0.562. The molecule has 1 N–H and O–H groups in total. The van der Waals surface area contributed by atoms with Crippen LogP contribution in [0.2, 0.25) is 0 Å². The number of thioether (sulfide) groups is 1. The number of nitrogens with one attached hydrogen (secondary N) is 1. The number of hydrogen-bond acceptors (Lipinski definition) is 3. The second-order valence-electron chi connectivity index (χ2n) is 5.38. The topological polar surface area (TPSA) is 32.3 Å². The van der Waals surface area contributed by atoms with Gasteiger partial charge in [0.15, 0.2) is 0 Å². The molecule has 1 saturated heterocycles. The number of para-hydroxylation sites is 1. The van der Waals surface area contributed by atoms with Crippen LogP contribution in [0.4, 0.5) is 5.69 Å². The predicted molar refractivity (Wildman–Crippen MR) is 87.5 cm³/mol. The summed E-state index contributed by atoms with van der Waals surface area (Å²) in [5.41, 5.74) is 3.23. The van der Waals surface area contributed by atoms with Gasteiger partial charge in [-0.15, -0.1) is 0 Å². The first-order valence-corrected chi connectivity index (χ1v) is 8.47. The Labute approximate surface area is 126 Å². The van der Waals surface area contributed by atoms with Gasteiger partial charge in [0.1, 0.15) is 0 Å². The molecule has 1 aromatic carbocycles. The van der Waals surface area contributed by atoms with Crippen LogP contribution in [0.25, 0.3) is 0 Å². The zero-order valence-electron chi connectivity index (χ0n) is 12.6. The normalized spacial score (nSPS) is 19.9. The molecule has 0 spiro atoms. The standard InChI is InChI=1S/C16H24N2OS/c1-4-8-18-9-10-20-11-14(18)16(19)17-15-12(2)6-5-7-13(15)3/h5-7,14H,4,8-11H2,1-3H3,(H,17,19). The predicted octanol–water partition coefficient (Wildman–Crippen LogP) is 3.07. The van der Waals surface area contributed by atoms with Crippen LogP contribution >= 0.6 is 11.8 Å². The largest absolute Gasteiger partial charge is 0.324 e. The molecule has 1 fully saturated rings. The highest BCUT2D eigenvalue weighted by molar-refractivity contribution is 7.99. The highest BCUT2D eigenvalue weighted by atomic mass is 32.2. The van der Waals surface area contributed by atoms with Crippen molar-refractivity contribution in [1.82, 2.24) is 4.90 Å². The Morgan fingerprint density at radius 2 is 2.10 bits per heavy atom. The molecule has 1 heterocycles. The maximum atomic E-state index is 12.6. The van der Waals surface area contributed by atoms with Crippen molar-refractivity contribution in [2.45, 2.75) is 33.2 Å². The van der Waals surface area contributed by atoms with E-state index in [0.29, 0.717) is 0 Å². The summed E-state index contributed by atoms with van der Waals surface area (Å²) >= 11 is 1.88. The highest BCUT2D eigenvalue weighted by Crippen LogP contribution is 2.22. The monoisotopic (exact) mass is 292 g/mol. The molecule has 4 heteroatoms. The quantitative estimate of drug-likeness (QED) is 0.925. The summed E-state index contributed by atoms with van der Waals surface area (Å²) in [6.45, 7) is 8.28. The lowest BCUT2D eigenvalue weighted by atomic mass is 10.1. The van der Waals surface area contributed by atoms with Gasteiger partial charge in [-0.05, 0) is 37.9 Å². The summed E-state index contributed by atoms with van der Waals surface area (Å²) < 4.78 is 0. The molecule has 110 valence electrons. The van der Waals surface area contributed by atoms with Crippen LogP contribution in [0, 0.1) is 13.8 Å². The Bertz CT molecular complexity index is 453. The third-order valence-electron chi connectivity index (χ3n) is 3.78. The van der Waals surface area contributed by atoms with Crippen LogP contribution in [0.5, 0.6) is 0 Å². The molecule has 1 unspecified atom stereocenters. The Balaban J connectivity index is 2.10. The van der Waals surface area contributed by atoms with Crippen LogP contribution in [0.3, 0.4) is 0 Å². The fourth-order valence-corrected chi connectivity index (χ4v) is 3.77. The molecule has 3 nitrogen and oxygen atoms in total. The SMILES string of the molecule is CCCN1CCSCC1C(=O)Nc1c(C)cccc1C. The molecular weight excluding hydrogens is 268 g/mol. The molecule has 0 bridgehead atoms. The van der Waals surface area contributed by atoms with Gasteiger partial charge in [-0.25, -0.2) is 0 Å². The number of hydrogen-bond donors (Lipinski definition) is 1. The van der Waals surface area contributed by atoms with Crippen LogP contribution in [0.15, 0.2) is 18.2 Å². The van der Waals surface area contributed by atoms with Gasteiger partial charge in [0.05, 0.1) is 6.04 Å². The second kappa shape index (κ2) is 7.14. The molecule has 1 aliphatic rings. The summed E-state index contributed by atoms with van der Waals surface area (Å²) in [5.74, 6) is 2.17. The van der Waals surface area contributed by atoms with E-state index in [2.05, 4.69) is 17.1 Å². The molecule has 1 atom stereocenters. The van der Waals surface area contributed by atoms with E-state index < -0.39 is 0 Å². The van der Waals surface area contributed by atoms with Gasteiger partial charge in [0.25, 0.3) is 0 Å². The van der Waals surface area contributed by atoms with Crippen molar-refractivity contribution in [3.63, 3.8) is 0 Å². The molecule has 0 saturated carbocycles. The Morgan fingerprint density at radius 1 is 1.40 bits per heavy atom. The first kappa shape index (κ1) is 15.4. The smallest absolute Gasteiger partial charge is 0.242 e. The molecular formula is C16H24N2OS. The summed E-state index contributed by atoms with van der Waals surface area (Å²) in [6.07, 6.45) is 1.10. The Morgan fingerprint density at radius 3 is 2.75 bits per heavy atom. The van der Waals surface area contributed by atoms with E-state index in [4.69, 9.17) is 0 Å². The van der Waals surface area contributed by atoms with E-state index >= 15 is 0 Å². The Kier molecular flexibility index (Phi) is 5.49. The highest BCUT2D eigenvalue weighted by Gasteiger charge is 2.28. The molecule has 0 aliphatic carbocycles. The third kappa shape index (κ3) is 3.55. The molecule has 1 amide bonds. The van der Waals surface area contributed by atoms with Crippen molar-refractivity contribution >= 4 is 23.4 Å². The lowest BCUT2D eigenvalue weighted by Crippen LogP contribution is -2.49. The maximum absolute atomic E-state index is 12.6. The van der Waals surface area contributed by atoms with Crippen molar-refractivity contribution in [2.75, 3.05) is 29.9 Å². The minimum atomic E-state index is 0.00714. The zero-order chi connectivity index (χ0) is 14.5. The van der Waals surface area contributed by atoms with Crippen LogP contribution in [-0.4, -0.2) is 41.4 Å². The first-order valence-electron chi connectivity index (χ1n) is 7.32. The molecule has 2 rings (SSSR count). The van der Waals surface area contributed by atoms with Crippen molar-refractivity contribution in [3.05, 3.63) is 29.3 Å². The van der Waals surface area contributed by atoms with Gasteiger partial charge in [-0.3, -0.25) is 9.69 Å². The number of benzene rings is 1. The molecule has 1 aliphatic heterocycles. The number of rotatable bonds is 4. The van der Waals surface area contributed by atoms with Gasteiger partial charge in [0.2, 0.25) is 5.91 Å². The average molecular weight is 292 g/mol. The average Bonchev–Trinajstić information content (AvgIpc) is 2.44. The van der Waals surface area contributed by atoms with Crippen molar-refractivity contribution in [3.8, 4) is 0 Å². The maximum Gasteiger partial charge on any atom is 0.242 e. The minimum absolute atomic E-state index is 0.00714. The van der Waals surface area contributed by atoms with E-state index in [1.54, 1.807) is 0 Å². The number of carbonyl (C=O) groups excluding carboxylic acids is 1. The van der Waals surface area contributed by atoms with Gasteiger partial charge in [-0.2, -0.15) is 11.8 Å². The van der Waals surface area contributed by atoms with Crippen molar-refractivity contribution in [2.24, 2.45) is 0 Å². The summed E-state index contributed by atoms with van der Waals surface area (Å²) in [4.78, 5) is 14.9. The summed E-state index contributed by atoms with van der Waals surface area (Å²) in [6, 6.07) is 6.12. The van der Waals surface area contributed by atoms with Crippen molar-refractivity contribution < 1.29 is 4.79 Å². The number of aryl methyl sites for hydroxylation is 2. The summed E-state index contributed by atoms with van der Waals surface area (Å²) in [7, 11) is 0. The van der Waals surface area contributed by atoms with E-state index in [0.717, 1.165) is 47.8 Å². The zero-order valence-corrected chi connectivity index (χ0v) is 13.4. The molecule has 0 radical (unpaired) electrons. The number of nitrogens with zero attached hydrogens (tertiary/aromatic N) is 1. The van der Waals surface area contributed by atoms with Crippen LogP contribution in [-0.2, 0) is 4.79 Å². The number of amides is 1. The second-order valence-corrected chi connectivity index (χ2v) is 6.53. The minimum Gasteiger partial charge on any atom is -0.324 e. The van der Waals surface area contributed by atoms with E-state index in [-0.39, 0.29) is 11.9 Å². The Hall–Kier alpha value is -1.00. The number of carbonyl (C=O) groups is 1. The van der Waals surface area contributed by atoms with Gasteiger partial charge >= 0.3 is 0 Å². The summed E-state index contributed by atoms with van der Waals surface area (Å²) in [5, 5.41) is 3.14. The number of anilines is 1. The van der Waals surface area contributed by atoms with E-state index in [9.17, 15) is 4.79 Å². The van der Waals surface area contributed by atoms with Crippen LogP contribution < -0.4 is 5.32 Å². The molecule has 20 heavy (non-hydrogen) atoms. The molecule has 0 aromatic heterocycles. The van der Waals surface area contributed by atoms with Crippen LogP contribution in [0.1, 0.15) is 24.5 Å². The first-order chi connectivity index (χ1) is 9.63. The van der Waals surface area contributed by atoms with E-state index in [1.807, 2.05) is 43.8 Å². The van der Waals surface area contributed by atoms with Gasteiger partial charge in [0, 0.05) is 23.7 Å². The third-order valence-corrected chi connectivity index (χ3v) is 4.80. The van der Waals surface area contributed by atoms with Crippen molar-refractivity contribution in [1.29, 1.82) is 0 Å². The van der Waals surface area contributed by atoms with E-state index in [1.165, 1.54) is 0 Å². The van der Waals surface area contributed by atoms with Gasteiger partial charge < -0.3 is 5.32 Å². The lowest BCUT2D eigenvalue weighted by molar-refractivity contribution is -0.120. The lowest BCUT2D eigenvalue weighted by Gasteiger charge is -2.34. The fourth-order valence-electron chi connectivity index (χ4n) is 2.65. The molecule has 1 aromatic rings.